The van der Waals surface area contributed by atoms with Gasteiger partial charge in [-0.05, 0) is 18.2 Å². The second-order valence-corrected chi connectivity index (χ2v) is 4.87. The third kappa shape index (κ3) is 2.64. The van der Waals surface area contributed by atoms with Crippen LogP contribution in [-0.4, -0.2) is 32.1 Å². The lowest BCUT2D eigenvalue weighted by Crippen LogP contribution is -2.12. The SMILES string of the molecule is NC(=NO)c1ccc(-c2nc3ccc(C(N)=NO)cc3[nH]2)cc1. The topological polar surface area (TPSA) is 146 Å². The first kappa shape index (κ1) is 14.4. The van der Waals surface area contributed by atoms with E-state index in [1.54, 1.807) is 30.3 Å². The lowest BCUT2D eigenvalue weighted by atomic mass is 10.1. The molecule has 3 rings (SSSR count). The minimum atomic E-state index is 0.0335. The molecule has 7 N–H and O–H groups in total. The van der Waals surface area contributed by atoms with E-state index in [0.717, 1.165) is 16.6 Å². The molecule has 0 radical (unpaired) electrons. The largest absolute Gasteiger partial charge is 0.409 e. The Morgan fingerprint density at radius 3 is 2.17 bits per heavy atom. The number of hydrogen-bond acceptors (Lipinski definition) is 5. The summed E-state index contributed by atoms with van der Waals surface area (Å²) in [7, 11) is 0. The third-order valence-corrected chi connectivity index (χ3v) is 3.45. The van der Waals surface area contributed by atoms with Gasteiger partial charge in [-0.15, -0.1) is 0 Å². The summed E-state index contributed by atoms with van der Waals surface area (Å²) >= 11 is 0. The molecular formula is C15H14N6O2. The molecule has 8 heteroatoms. The molecule has 0 unspecified atom stereocenters. The lowest BCUT2D eigenvalue weighted by molar-refractivity contribution is 0.318. The number of imidazole rings is 1. The van der Waals surface area contributed by atoms with Gasteiger partial charge in [-0.3, -0.25) is 0 Å². The molecule has 0 saturated heterocycles. The number of rotatable bonds is 3. The Bertz CT molecular complexity index is 911. The first-order valence-electron chi connectivity index (χ1n) is 6.68. The van der Waals surface area contributed by atoms with Crippen molar-refractivity contribution < 1.29 is 10.4 Å². The summed E-state index contributed by atoms with van der Waals surface area (Å²) in [6.45, 7) is 0. The summed E-state index contributed by atoms with van der Waals surface area (Å²) in [6.07, 6.45) is 0. The highest BCUT2D eigenvalue weighted by Gasteiger charge is 2.08. The summed E-state index contributed by atoms with van der Waals surface area (Å²) in [5.41, 5.74) is 14.7. The fraction of sp³-hybridized carbons (Fsp3) is 0. The van der Waals surface area contributed by atoms with Crippen molar-refractivity contribution in [3.63, 3.8) is 0 Å². The molecule has 3 aromatic rings. The van der Waals surface area contributed by atoms with Crippen molar-refractivity contribution in [2.45, 2.75) is 0 Å². The van der Waals surface area contributed by atoms with Gasteiger partial charge in [-0.2, -0.15) is 0 Å². The van der Waals surface area contributed by atoms with Crippen LogP contribution in [0.5, 0.6) is 0 Å². The molecular weight excluding hydrogens is 296 g/mol. The normalized spacial score (nSPS) is 12.7. The zero-order valence-corrected chi connectivity index (χ0v) is 11.9. The first-order chi connectivity index (χ1) is 11.1. The maximum atomic E-state index is 8.73. The van der Waals surface area contributed by atoms with Crippen LogP contribution >= 0.6 is 0 Å². The van der Waals surface area contributed by atoms with Crippen LogP contribution in [0, 0.1) is 0 Å². The molecule has 23 heavy (non-hydrogen) atoms. The van der Waals surface area contributed by atoms with Gasteiger partial charge >= 0.3 is 0 Å². The van der Waals surface area contributed by atoms with E-state index >= 15 is 0 Å². The number of H-pyrrole nitrogens is 1. The predicted molar refractivity (Wildman–Crippen MR) is 86.6 cm³/mol. The molecule has 0 amide bonds. The predicted octanol–water partition coefficient (Wildman–Crippen LogP) is 1.42. The molecule has 1 heterocycles. The maximum Gasteiger partial charge on any atom is 0.170 e. The zero-order chi connectivity index (χ0) is 16.4. The average molecular weight is 310 g/mol. The Kier molecular flexibility index (Phi) is 3.55. The van der Waals surface area contributed by atoms with Crippen LogP contribution in [0.1, 0.15) is 11.1 Å². The van der Waals surface area contributed by atoms with E-state index in [1.807, 2.05) is 12.1 Å². The summed E-state index contributed by atoms with van der Waals surface area (Å²) in [6, 6.07) is 12.4. The molecule has 2 aromatic carbocycles. The number of nitrogens with zero attached hydrogens (tertiary/aromatic N) is 3. The number of benzene rings is 2. The van der Waals surface area contributed by atoms with Gasteiger partial charge < -0.3 is 26.9 Å². The fourth-order valence-corrected chi connectivity index (χ4v) is 2.22. The summed E-state index contributed by atoms with van der Waals surface area (Å²) in [4.78, 5) is 7.67. The standard InChI is InChI=1S/C15H14N6O2/c16-13(20-22)8-1-3-9(4-2-8)15-18-11-6-5-10(14(17)21-23)7-12(11)19-15/h1-7,22-23H,(H2,16,20)(H2,17,21)(H,18,19). The molecule has 0 aliphatic heterocycles. The maximum absolute atomic E-state index is 8.73. The van der Waals surface area contributed by atoms with Gasteiger partial charge in [0, 0.05) is 16.7 Å². The van der Waals surface area contributed by atoms with E-state index in [9.17, 15) is 0 Å². The number of aromatic amines is 1. The summed E-state index contributed by atoms with van der Waals surface area (Å²) in [5.74, 6) is 0.749. The van der Waals surface area contributed by atoms with Crippen LogP contribution in [-0.2, 0) is 0 Å². The van der Waals surface area contributed by atoms with Crippen molar-refractivity contribution in [3.05, 3.63) is 53.6 Å². The number of hydrogen-bond donors (Lipinski definition) is 5. The van der Waals surface area contributed by atoms with Crippen molar-refractivity contribution in [3.8, 4) is 11.4 Å². The van der Waals surface area contributed by atoms with Crippen molar-refractivity contribution in [1.82, 2.24) is 9.97 Å². The van der Waals surface area contributed by atoms with Crippen molar-refractivity contribution in [1.29, 1.82) is 0 Å². The van der Waals surface area contributed by atoms with E-state index in [1.165, 1.54) is 0 Å². The second-order valence-electron chi connectivity index (χ2n) is 4.87. The van der Waals surface area contributed by atoms with Gasteiger partial charge in [0.1, 0.15) is 5.82 Å². The molecule has 0 aliphatic rings. The fourth-order valence-electron chi connectivity index (χ4n) is 2.22. The van der Waals surface area contributed by atoms with Gasteiger partial charge in [0.15, 0.2) is 11.7 Å². The number of aromatic nitrogens is 2. The molecule has 0 bridgehead atoms. The Labute approximate surface area is 130 Å². The van der Waals surface area contributed by atoms with Crippen LogP contribution < -0.4 is 11.5 Å². The van der Waals surface area contributed by atoms with Crippen molar-refractivity contribution in [2.75, 3.05) is 0 Å². The highest BCUT2D eigenvalue weighted by molar-refractivity contribution is 6.00. The first-order valence-corrected chi connectivity index (χ1v) is 6.68. The third-order valence-electron chi connectivity index (χ3n) is 3.45. The number of nitrogens with two attached hydrogens (primary N) is 2. The minimum Gasteiger partial charge on any atom is -0.409 e. The van der Waals surface area contributed by atoms with E-state index in [-0.39, 0.29) is 11.7 Å². The van der Waals surface area contributed by atoms with Crippen LogP contribution in [0.2, 0.25) is 0 Å². The highest BCUT2D eigenvalue weighted by Crippen LogP contribution is 2.21. The monoisotopic (exact) mass is 310 g/mol. The van der Waals surface area contributed by atoms with Crippen LogP contribution in [0.25, 0.3) is 22.4 Å². The molecule has 0 atom stereocenters. The Morgan fingerprint density at radius 2 is 1.52 bits per heavy atom. The van der Waals surface area contributed by atoms with Gasteiger partial charge in [-0.25, -0.2) is 4.98 Å². The smallest absolute Gasteiger partial charge is 0.170 e. The van der Waals surface area contributed by atoms with Crippen molar-refractivity contribution in [2.24, 2.45) is 21.8 Å². The lowest BCUT2D eigenvalue weighted by Gasteiger charge is -2.00. The molecule has 0 fully saturated rings. The number of nitrogens with one attached hydrogen (secondary N) is 1. The van der Waals surface area contributed by atoms with E-state index in [0.29, 0.717) is 17.0 Å². The summed E-state index contributed by atoms with van der Waals surface area (Å²) < 4.78 is 0. The summed E-state index contributed by atoms with van der Waals surface area (Å²) in [5, 5.41) is 23.3. The molecule has 116 valence electrons. The number of oxime groups is 2. The minimum absolute atomic E-state index is 0.0335. The molecule has 0 aliphatic carbocycles. The molecule has 0 spiro atoms. The van der Waals surface area contributed by atoms with Crippen LogP contribution in [0.4, 0.5) is 0 Å². The Morgan fingerprint density at radius 1 is 0.913 bits per heavy atom. The van der Waals surface area contributed by atoms with Crippen LogP contribution in [0.3, 0.4) is 0 Å². The quantitative estimate of drug-likeness (QED) is 0.215. The highest BCUT2D eigenvalue weighted by atomic mass is 16.4. The Hall–Kier alpha value is -3.55. The Balaban J connectivity index is 2.00. The van der Waals surface area contributed by atoms with E-state index < -0.39 is 0 Å². The van der Waals surface area contributed by atoms with Gasteiger partial charge in [0.2, 0.25) is 0 Å². The van der Waals surface area contributed by atoms with Gasteiger partial charge in [0.05, 0.1) is 11.0 Å². The van der Waals surface area contributed by atoms with Crippen molar-refractivity contribution >= 4 is 22.7 Å². The molecule has 1 aromatic heterocycles. The number of amidine groups is 2. The zero-order valence-electron chi connectivity index (χ0n) is 11.9. The van der Waals surface area contributed by atoms with E-state index in [2.05, 4.69) is 20.3 Å². The molecule has 0 saturated carbocycles. The van der Waals surface area contributed by atoms with Gasteiger partial charge in [0.25, 0.3) is 0 Å². The van der Waals surface area contributed by atoms with E-state index in [4.69, 9.17) is 21.9 Å². The number of fused-ring (bicyclic) bond motifs is 1. The van der Waals surface area contributed by atoms with Crippen LogP contribution in [0.15, 0.2) is 52.8 Å². The second kappa shape index (κ2) is 5.68. The van der Waals surface area contributed by atoms with Gasteiger partial charge in [-0.1, -0.05) is 34.6 Å². The molecule has 8 nitrogen and oxygen atoms in total. The average Bonchev–Trinajstić information content (AvgIpc) is 3.03.